The van der Waals surface area contributed by atoms with Gasteiger partial charge in [0.25, 0.3) is 0 Å². The van der Waals surface area contributed by atoms with Crippen molar-refractivity contribution in [2.24, 2.45) is 5.92 Å². The number of rotatable bonds is 4. The lowest BCUT2D eigenvalue weighted by atomic mass is 9.83. The van der Waals surface area contributed by atoms with Gasteiger partial charge in [0, 0.05) is 23.7 Å². The Hall–Kier alpha value is -2.48. The Bertz CT molecular complexity index is 862. The minimum Gasteiger partial charge on any atom is -0.261 e. The molecule has 0 amide bonds. The van der Waals surface area contributed by atoms with E-state index in [0.717, 1.165) is 22.9 Å². The Labute approximate surface area is 156 Å². The summed E-state index contributed by atoms with van der Waals surface area (Å²) in [5.74, 6) is 1.33. The van der Waals surface area contributed by atoms with Gasteiger partial charge in [0.2, 0.25) is 0 Å². The molecule has 26 heavy (non-hydrogen) atoms. The molecule has 2 aromatic heterocycles. The average molecular weight is 342 g/mol. The number of benzene rings is 1. The SMILES string of the molecule is Cc1ccc(-c2cc(-c3ccccc3)c(C(C)C3CCCC3)cn2)cn1. The molecule has 0 spiro atoms. The summed E-state index contributed by atoms with van der Waals surface area (Å²) in [5.41, 5.74) is 7.08. The number of pyridine rings is 2. The van der Waals surface area contributed by atoms with Crippen LogP contribution in [0.25, 0.3) is 22.4 Å². The Kier molecular flexibility index (Phi) is 4.83. The highest BCUT2D eigenvalue weighted by Crippen LogP contribution is 2.41. The molecule has 2 heteroatoms. The fourth-order valence-corrected chi connectivity index (χ4v) is 4.19. The predicted octanol–water partition coefficient (Wildman–Crippen LogP) is 6.41. The zero-order chi connectivity index (χ0) is 17.9. The molecule has 1 aliphatic carbocycles. The Morgan fingerprint density at radius 3 is 2.35 bits per heavy atom. The van der Waals surface area contributed by atoms with E-state index in [2.05, 4.69) is 60.6 Å². The van der Waals surface area contributed by atoms with Crippen LogP contribution in [-0.2, 0) is 0 Å². The summed E-state index contributed by atoms with van der Waals surface area (Å²) in [5, 5.41) is 0. The van der Waals surface area contributed by atoms with Crippen molar-refractivity contribution < 1.29 is 0 Å². The van der Waals surface area contributed by atoms with Crippen molar-refractivity contribution in [3.8, 4) is 22.4 Å². The topological polar surface area (TPSA) is 25.8 Å². The van der Waals surface area contributed by atoms with E-state index < -0.39 is 0 Å². The van der Waals surface area contributed by atoms with Gasteiger partial charge in [-0.1, -0.05) is 50.1 Å². The van der Waals surface area contributed by atoms with Crippen LogP contribution in [0.1, 0.15) is 49.8 Å². The van der Waals surface area contributed by atoms with Gasteiger partial charge < -0.3 is 0 Å². The van der Waals surface area contributed by atoms with Crippen LogP contribution in [0.15, 0.2) is 60.9 Å². The maximum absolute atomic E-state index is 4.82. The van der Waals surface area contributed by atoms with Crippen LogP contribution >= 0.6 is 0 Å². The van der Waals surface area contributed by atoms with Gasteiger partial charge in [0.15, 0.2) is 0 Å². The number of aryl methyl sites for hydroxylation is 1. The lowest BCUT2D eigenvalue weighted by molar-refractivity contribution is 0.461. The molecular formula is C24H26N2. The van der Waals surface area contributed by atoms with E-state index in [9.17, 15) is 0 Å². The zero-order valence-corrected chi connectivity index (χ0v) is 15.7. The van der Waals surface area contributed by atoms with Gasteiger partial charge in [-0.15, -0.1) is 0 Å². The van der Waals surface area contributed by atoms with Gasteiger partial charge in [-0.3, -0.25) is 9.97 Å². The average Bonchev–Trinajstić information content (AvgIpc) is 3.23. The number of hydrogen-bond donors (Lipinski definition) is 0. The van der Waals surface area contributed by atoms with Crippen LogP contribution in [0.5, 0.6) is 0 Å². The number of aromatic nitrogens is 2. The first-order chi connectivity index (χ1) is 12.7. The van der Waals surface area contributed by atoms with Crippen molar-refractivity contribution in [2.75, 3.05) is 0 Å². The Morgan fingerprint density at radius 1 is 0.885 bits per heavy atom. The third-order valence-corrected chi connectivity index (χ3v) is 5.82. The summed E-state index contributed by atoms with van der Waals surface area (Å²) in [6.45, 7) is 4.39. The third kappa shape index (κ3) is 3.41. The highest BCUT2D eigenvalue weighted by Gasteiger charge is 2.25. The lowest BCUT2D eigenvalue weighted by Gasteiger charge is -2.22. The first kappa shape index (κ1) is 17.0. The molecule has 1 fully saturated rings. The summed E-state index contributed by atoms with van der Waals surface area (Å²) >= 11 is 0. The minimum atomic E-state index is 0.547. The maximum Gasteiger partial charge on any atom is 0.0723 e. The Balaban J connectivity index is 1.79. The molecule has 1 atom stereocenters. The van der Waals surface area contributed by atoms with E-state index in [1.807, 2.05) is 19.2 Å². The lowest BCUT2D eigenvalue weighted by Crippen LogP contribution is -2.08. The largest absolute Gasteiger partial charge is 0.261 e. The number of hydrogen-bond acceptors (Lipinski definition) is 2. The molecule has 0 bridgehead atoms. The molecule has 1 unspecified atom stereocenters. The summed E-state index contributed by atoms with van der Waals surface area (Å²) in [6, 6.07) is 17.1. The zero-order valence-electron chi connectivity index (χ0n) is 15.7. The molecule has 1 saturated carbocycles. The van der Waals surface area contributed by atoms with Gasteiger partial charge in [0.05, 0.1) is 5.69 Å². The van der Waals surface area contributed by atoms with Crippen LogP contribution in [-0.4, -0.2) is 9.97 Å². The van der Waals surface area contributed by atoms with Crippen molar-refractivity contribution in [3.63, 3.8) is 0 Å². The summed E-state index contributed by atoms with van der Waals surface area (Å²) in [6.07, 6.45) is 9.47. The van der Waals surface area contributed by atoms with Gasteiger partial charge in [-0.25, -0.2) is 0 Å². The molecule has 0 radical (unpaired) electrons. The molecule has 3 aromatic rings. The maximum atomic E-state index is 4.82. The molecule has 132 valence electrons. The van der Waals surface area contributed by atoms with E-state index >= 15 is 0 Å². The molecular weight excluding hydrogens is 316 g/mol. The molecule has 1 aliphatic rings. The van der Waals surface area contributed by atoms with Gasteiger partial charge >= 0.3 is 0 Å². The van der Waals surface area contributed by atoms with E-state index in [1.165, 1.54) is 42.4 Å². The summed E-state index contributed by atoms with van der Waals surface area (Å²) in [4.78, 5) is 9.26. The molecule has 0 saturated heterocycles. The van der Waals surface area contributed by atoms with Crippen molar-refractivity contribution in [2.45, 2.75) is 45.4 Å². The molecule has 0 N–H and O–H groups in total. The van der Waals surface area contributed by atoms with E-state index in [0.29, 0.717) is 5.92 Å². The van der Waals surface area contributed by atoms with Gasteiger partial charge in [-0.05, 0) is 66.5 Å². The van der Waals surface area contributed by atoms with Crippen LogP contribution in [0, 0.1) is 12.8 Å². The summed E-state index contributed by atoms with van der Waals surface area (Å²) in [7, 11) is 0. The molecule has 1 aromatic carbocycles. The highest BCUT2D eigenvalue weighted by molar-refractivity contribution is 5.73. The standard InChI is InChI=1S/C24H26N2/c1-17-12-13-21(15-25-17)24-14-22(20-10-4-3-5-11-20)23(16-26-24)18(2)19-8-6-7-9-19/h3-5,10-16,18-19H,6-9H2,1-2H3. The predicted molar refractivity (Wildman–Crippen MR) is 108 cm³/mol. The molecule has 0 aliphatic heterocycles. The summed E-state index contributed by atoms with van der Waals surface area (Å²) < 4.78 is 0. The first-order valence-corrected chi connectivity index (χ1v) is 9.71. The number of nitrogens with zero attached hydrogens (tertiary/aromatic N) is 2. The fraction of sp³-hybridized carbons (Fsp3) is 0.333. The normalized spacial score (nSPS) is 15.9. The Morgan fingerprint density at radius 2 is 1.65 bits per heavy atom. The van der Waals surface area contributed by atoms with Crippen molar-refractivity contribution in [3.05, 3.63) is 72.2 Å². The van der Waals surface area contributed by atoms with Crippen molar-refractivity contribution in [1.82, 2.24) is 9.97 Å². The van der Waals surface area contributed by atoms with Crippen LogP contribution in [0.2, 0.25) is 0 Å². The highest BCUT2D eigenvalue weighted by atomic mass is 14.7. The minimum absolute atomic E-state index is 0.547. The van der Waals surface area contributed by atoms with E-state index in [1.54, 1.807) is 0 Å². The monoisotopic (exact) mass is 342 g/mol. The van der Waals surface area contributed by atoms with Crippen LogP contribution in [0.4, 0.5) is 0 Å². The van der Waals surface area contributed by atoms with Crippen molar-refractivity contribution in [1.29, 1.82) is 0 Å². The van der Waals surface area contributed by atoms with Gasteiger partial charge in [-0.2, -0.15) is 0 Å². The van der Waals surface area contributed by atoms with E-state index in [4.69, 9.17) is 4.98 Å². The smallest absolute Gasteiger partial charge is 0.0723 e. The van der Waals surface area contributed by atoms with Crippen LogP contribution < -0.4 is 0 Å². The van der Waals surface area contributed by atoms with Crippen molar-refractivity contribution >= 4 is 0 Å². The van der Waals surface area contributed by atoms with Crippen LogP contribution in [0.3, 0.4) is 0 Å². The quantitative estimate of drug-likeness (QED) is 0.547. The second kappa shape index (κ2) is 7.41. The second-order valence-corrected chi connectivity index (χ2v) is 7.54. The third-order valence-electron chi connectivity index (χ3n) is 5.82. The molecule has 4 rings (SSSR count). The van der Waals surface area contributed by atoms with Gasteiger partial charge in [0.1, 0.15) is 0 Å². The fourth-order valence-electron chi connectivity index (χ4n) is 4.19. The second-order valence-electron chi connectivity index (χ2n) is 7.54. The van der Waals surface area contributed by atoms with E-state index in [-0.39, 0.29) is 0 Å². The molecule has 2 heterocycles. The first-order valence-electron chi connectivity index (χ1n) is 9.71. The molecule has 2 nitrogen and oxygen atoms in total.